The Morgan fingerprint density at radius 3 is 2.67 bits per heavy atom. The molecular weight excluding hydrogens is 574 g/mol. The van der Waals surface area contributed by atoms with E-state index in [1.54, 1.807) is 12.0 Å². The van der Waals surface area contributed by atoms with Crippen LogP contribution < -0.4 is 19.5 Å². The van der Waals surface area contributed by atoms with Crippen molar-refractivity contribution in [3.8, 4) is 23.0 Å². The van der Waals surface area contributed by atoms with Crippen LogP contribution in [0.1, 0.15) is 36.0 Å². The molecule has 3 aromatic rings. The number of carbonyl (C=O) groups excluding carboxylic acids is 2. The molecule has 10 heteroatoms. The van der Waals surface area contributed by atoms with E-state index in [2.05, 4.69) is 10.2 Å². The zero-order valence-electron chi connectivity index (χ0n) is 25.7. The predicted molar refractivity (Wildman–Crippen MR) is 167 cm³/mol. The number of benzene rings is 3. The molecule has 0 unspecified atom stereocenters. The second-order valence-corrected chi connectivity index (χ2v) is 11.9. The molecule has 2 N–H and O–H groups in total. The number of aliphatic hydroxyl groups excluding tert-OH is 1. The lowest BCUT2D eigenvalue weighted by molar-refractivity contribution is -0.137. The van der Waals surface area contributed by atoms with Gasteiger partial charge < -0.3 is 34.3 Å². The maximum atomic E-state index is 13.4. The molecule has 3 aliphatic heterocycles. The number of hydrogen-bond donors (Lipinski definition) is 2. The van der Waals surface area contributed by atoms with Crippen LogP contribution in [0.5, 0.6) is 23.0 Å². The van der Waals surface area contributed by atoms with Crippen molar-refractivity contribution in [2.45, 2.75) is 57.0 Å². The maximum Gasteiger partial charge on any atom is 0.239 e. The molecule has 0 spiro atoms. The highest BCUT2D eigenvalue weighted by Gasteiger charge is 2.37. The molecule has 1 aliphatic carbocycles. The van der Waals surface area contributed by atoms with Crippen molar-refractivity contribution >= 4 is 11.8 Å². The lowest BCUT2D eigenvalue weighted by Crippen LogP contribution is -2.49. The zero-order chi connectivity index (χ0) is 31.2. The quantitative estimate of drug-likeness (QED) is 0.415. The average Bonchev–Trinajstić information content (AvgIpc) is 3.82. The first kappa shape index (κ1) is 30.9. The van der Waals surface area contributed by atoms with Gasteiger partial charge in [-0.05, 0) is 72.4 Å². The first-order valence-electron chi connectivity index (χ1n) is 15.7. The van der Waals surface area contributed by atoms with Gasteiger partial charge in [-0.3, -0.25) is 14.5 Å². The SMILES string of the molecule is COc1cc2ccc1Oc1cccc(c1)CO[C@H]1CN(Cc3cccc(OCCO)c3)C[C@@H]1NC(=O)CN(C1CC1)C(=O)CC2. The van der Waals surface area contributed by atoms with E-state index < -0.39 is 0 Å². The summed E-state index contributed by atoms with van der Waals surface area (Å²) in [5, 5.41) is 12.3. The van der Waals surface area contributed by atoms with E-state index in [0.717, 1.165) is 29.5 Å². The summed E-state index contributed by atoms with van der Waals surface area (Å²) in [6.07, 6.45) is 2.42. The zero-order valence-corrected chi connectivity index (χ0v) is 25.7. The number of fused-ring (bicyclic) bond motifs is 9. The molecule has 2 amide bonds. The molecule has 4 bridgehead atoms. The van der Waals surface area contributed by atoms with E-state index >= 15 is 0 Å². The number of ether oxygens (including phenoxy) is 4. The molecule has 0 aromatic heterocycles. The molecule has 10 nitrogen and oxygen atoms in total. The van der Waals surface area contributed by atoms with Crippen LogP contribution in [-0.4, -0.2) is 84.9 Å². The smallest absolute Gasteiger partial charge is 0.239 e. The Morgan fingerprint density at radius 1 is 0.978 bits per heavy atom. The summed E-state index contributed by atoms with van der Waals surface area (Å²) >= 11 is 0. The standard InChI is InChI=1S/C35H41N3O7/c1-42-32-18-24-8-12-31(32)45-29-7-3-5-26(17-29)23-44-33-21-37(19-25-4-2-6-28(16-25)43-15-14-39)20-30(33)36-34(40)22-38(27-10-11-27)35(41)13-9-24/h2-8,12,16-18,27,30,33,39H,9-11,13-15,19-23H2,1H3,(H,36,40)/t30-,33-/m0/s1. The van der Waals surface area contributed by atoms with Crippen molar-refractivity contribution in [3.63, 3.8) is 0 Å². The summed E-state index contributed by atoms with van der Waals surface area (Å²) in [6, 6.07) is 21.2. The fourth-order valence-corrected chi connectivity index (χ4v) is 6.03. The molecular formula is C35H41N3O7. The third-order valence-corrected chi connectivity index (χ3v) is 8.42. The molecule has 4 aliphatic rings. The minimum absolute atomic E-state index is 0.0231. The van der Waals surface area contributed by atoms with Gasteiger partial charge in [-0.2, -0.15) is 0 Å². The van der Waals surface area contributed by atoms with E-state index in [1.807, 2.05) is 66.7 Å². The van der Waals surface area contributed by atoms with Crippen molar-refractivity contribution in [3.05, 3.63) is 83.4 Å². The number of rotatable bonds is 7. The molecule has 1 saturated carbocycles. The Morgan fingerprint density at radius 2 is 1.84 bits per heavy atom. The van der Waals surface area contributed by atoms with Gasteiger partial charge in [0.25, 0.3) is 0 Å². The summed E-state index contributed by atoms with van der Waals surface area (Å²) in [6.45, 7) is 2.45. The van der Waals surface area contributed by atoms with E-state index in [1.165, 1.54) is 0 Å². The Labute approximate surface area is 263 Å². The van der Waals surface area contributed by atoms with Crippen LogP contribution in [0.3, 0.4) is 0 Å². The van der Waals surface area contributed by atoms with Crippen LogP contribution in [0.2, 0.25) is 0 Å². The highest BCUT2D eigenvalue weighted by atomic mass is 16.5. The third kappa shape index (κ3) is 8.13. The van der Waals surface area contributed by atoms with Crippen LogP contribution in [0, 0.1) is 0 Å². The fraction of sp³-hybridized carbons (Fsp3) is 0.429. The normalized spacial score (nSPS) is 21.2. The van der Waals surface area contributed by atoms with Crippen LogP contribution in [-0.2, 0) is 33.9 Å². The van der Waals surface area contributed by atoms with Crippen LogP contribution >= 0.6 is 0 Å². The first-order valence-corrected chi connectivity index (χ1v) is 15.7. The van der Waals surface area contributed by atoms with E-state index in [9.17, 15) is 9.59 Å². The first-order chi connectivity index (χ1) is 22.0. The van der Waals surface area contributed by atoms with Gasteiger partial charge in [0.05, 0.1) is 39.0 Å². The largest absolute Gasteiger partial charge is 0.493 e. The second kappa shape index (κ2) is 14.3. The summed E-state index contributed by atoms with van der Waals surface area (Å²) in [5.41, 5.74) is 2.98. The Hall–Kier alpha value is -4.12. The number of nitrogens with one attached hydrogen (secondary N) is 1. The number of amides is 2. The van der Waals surface area contributed by atoms with Crippen molar-refractivity contribution < 1.29 is 33.6 Å². The number of nitrogens with zero attached hydrogens (tertiary/aromatic N) is 2. The fourth-order valence-electron chi connectivity index (χ4n) is 6.03. The van der Waals surface area contributed by atoms with Crippen LogP contribution in [0.25, 0.3) is 0 Å². The van der Waals surface area contributed by atoms with Crippen molar-refractivity contribution in [1.29, 1.82) is 0 Å². The van der Waals surface area contributed by atoms with Gasteiger partial charge in [0.15, 0.2) is 11.5 Å². The summed E-state index contributed by atoms with van der Waals surface area (Å²) in [4.78, 5) is 30.8. The van der Waals surface area contributed by atoms with E-state index in [0.29, 0.717) is 62.1 Å². The van der Waals surface area contributed by atoms with Gasteiger partial charge in [-0.15, -0.1) is 0 Å². The van der Waals surface area contributed by atoms with Crippen LogP contribution in [0.15, 0.2) is 66.7 Å². The van der Waals surface area contributed by atoms with Gasteiger partial charge in [0.1, 0.15) is 18.1 Å². The molecule has 0 radical (unpaired) electrons. The van der Waals surface area contributed by atoms with Crippen molar-refractivity contribution in [2.75, 3.05) is 40.0 Å². The molecule has 2 atom stereocenters. The molecule has 2 fully saturated rings. The highest BCUT2D eigenvalue weighted by Crippen LogP contribution is 2.34. The lowest BCUT2D eigenvalue weighted by Gasteiger charge is -2.25. The topological polar surface area (TPSA) is 110 Å². The average molecular weight is 616 g/mol. The Kier molecular flexibility index (Phi) is 9.83. The number of aliphatic hydroxyl groups is 1. The number of aryl methyl sites for hydroxylation is 1. The monoisotopic (exact) mass is 615 g/mol. The highest BCUT2D eigenvalue weighted by molar-refractivity contribution is 5.85. The molecule has 1 saturated heterocycles. The Balaban J connectivity index is 1.23. The summed E-state index contributed by atoms with van der Waals surface area (Å²) in [5.74, 6) is 2.36. The van der Waals surface area contributed by atoms with Crippen molar-refractivity contribution in [1.82, 2.24) is 15.1 Å². The number of hydrogen-bond acceptors (Lipinski definition) is 8. The number of carbonyl (C=O) groups is 2. The third-order valence-electron chi connectivity index (χ3n) is 8.42. The maximum absolute atomic E-state index is 13.4. The minimum Gasteiger partial charge on any atom is -0.493 e. The van der Waals surface area contributed by atoms with Crippen LogP contribution in [0.4, 0.5) is 0 Å². The second-order valence-electron chi connectivity index (χ2n) is 11.9. The molecule has 3 aromatic carbocycles. The summed E-state index contributed by atoms with van der Waals surface area (Å²) < 4.78 is 23.9. The lowest BCUT2D eigenvalue weighted by atomic mass is 10.1. The minimum atomic E-state index is -0.258. The van der Waals surface area contributed by atoms with Gasteiger partial charge in [0, 0.05) is 32.1 Å². The predicted octanol–water partition coefficient (Wildman–Crippen LogP) is 3.68. The van der Waals surface area contributed by atoms with Gasteiger partial charge in [0.2, 0.25) is 11.8 Å². The number of likely N-dealkylation sites (tertiary alicyclic amines) is 1. The van der Waals surface area contributed by atoms with E-state index in [4.69, 9.17) is 24.1 Å². The van der Waals surface area contributed by atoms with Gasteiger partial charge in [-0.1, -0.05) is 30.3 Å². The van der Waals surface area contributed by atoms with E-state index in [-0.39, 0.29) is 49.8 Å². The van der Waals surface area contributed by atoms with Gasteiger partial charge in [-0.25, -0.2) is 0 Å². The molecule has 3 heterocycles. The Bertz CT molecular complexity index is 1490. The summed E-state index contributed by atoms with van der Waals surface area (Å²) in [7, 11) is 1.60. The van der Waals surface area contributed by atoms with Crippen molar-refractivity contribution in [2.24, 2.45) is 0 Å². The molecule has 7 rings (SSSR count). The number of methoxy groups -OCH3 is 1. The molecule has 238 valence electrons. The van der Waals surface area contributed by atoms with Gasteiger partial charge >= 0.3 is 0 Å². The molecule has 45 heavy (non-hydrogen) atoms.